The summed E-state index contributed by atoms with van der Waals surface area (Å²) in [5, 5.41) is 13.4. The number of aryl methyl sites for hydroxylation is 1. The number of hydrogen-bond acceptors (Lipinski definition) is 8. The van der Waals surface area contributed by atoms with Crippen LogP contribution in [0, 0.1) is 6.92 Å². The number of sulfonamides is 1. The highest BCUT2D eigenvalue weighted by Gasteiger charge is 2.13. The molecule has 0 saturated carbocycles. The summed E-state index contributed by atoms with van der Waals surface area (Å²) in [4.78, 5) is 29.6. The van der Waals surface area contributed by atoms with Gasteiger partial charge >= 0.3 is 0 Å². The van der Waals surface area contributed by atoms with Crippen LogP contribution >= 0.6 is 11.3 Å². The summed E-state index contributed by atoms with van der Waals surface area (Å²) < 4.78 is 25.2. The van der Waals surface area contributed by atoms with Crippen molar-refractivity contribution >= 4 is 44.0 Å². The van der Waals surface area contributed by atoms with Gasteiger partial charge in [0.2, 0.25) is 15.2 Å². The number of hydrogen-bond donors (Lipinski definition) is 3. The molecule has 4 rings (SSSR count). The minimum atomic E-state index is -3.39. The van der Waals surface area contributed by atoms with E-state index in [2.05, 4.69) is 30.5 Å². The summed E-state index contributed by atoms with van der Waals surface area (Å²) >= 11 is 1.23. The third-order valence-electron chi connectivity index (χ3n) is 5.07. The first-order chi connectivity index (χ1) is 17.2. The molecule has 2 aromatic carbocycles. The fourth-order valence-electron chi connectivity index (χ4n) is 3.37. The van der Waals surface area contributed by atoms with Crippen LogP contribution in [0.25, 0.3) is 11.3 Å². The van der Waals surface area contributed by atoms with Crippen molar-refractivity contribution in [2.75, 3.05) is 16.3 Å². The number of nitrogens with one attached hydrogen (secondary N) is 3. The second kappa shape index (κ2) is 10.6. The third-order valence-corrected chi connectivity index (χ3v) is 6.28. The standard InChI is InChI=1S/C24H22N6O4S2/c1-15-6-7-17(23(32)28-24-29-27-14-35-24)11-20(15)21-9-8-18(13-25-21)22(31)26-12-16-4-3-5-19(10-16)30-36(2,33)34/h3-11,13-14,30H,12H2,1-2H3,(H,26,31)(H,28,29,32). The Bertz CT molecular complexity index is 1500. The number of rotatable bonds is 8. The second-order valence-corrected chi connectivity index (χ2v) is 10.5. The van der Waals surface area contributed by atoms with Gasteiger partial charge in [-0.3, -0.25) is 24.6 Å². The summed E-state index contributed by atoms with van der Waals surface area (Å²) in [5.41, 5.74) is 5.82. The Morgan fingerprint density at radius 1 is 1.00 bits per heavy atom. The first kappa shape index (κ1) is 24.9. The van der Waals surface area contributed by atoms with Gasteiger partial charge in [0, 0.05) is 29.6 Å². The highest BCUT2D eigenvalue weighted by atomic mass is 32.2. The highest BCUT2D eigenvalue weighted by Crippen LogP contribution is 2.24. The Morgan fingerprint density at radius 3 is 2.50 bits per heavy atom. The van der Waals surface area contributed by atoms with Gasteiger partial charge in [0.15, 0.2) is 0 Å². The van der Waals surface area contributed by atoms with Crippen LogP contribution in [-0.4, -0.2) is 41.7 Å². The molecule has 0 unspecified atom stereocenters. The number of anilines is 2. The normalized spacial score (nSPS) is 11.1. The number of carbonyl (C=O) groups excluding carboxylic acids is 2. The first-order valence-electron chi connectivity index (χ1n) is 10.7. The third kappa shape index (κ3) is 6.49. The smallest absolute Gasteiger partial charge is 0.257 e. The van der Waals surface area contributed by atoms with E-state index in [1.54, 1.807) is 48.5 Å². The molecule has 4 aromatic rings. The Labute approximate surface area is 211 Å². The van der Waals surface area contributed by atoms with E-state index in [-0.39, 0.29) is 18.4 Å². The number of aromatic nitrogens is 3. The number of carbonyl (C=O) groups is 2. The van der Waals surface area contributed by atoms with Crippen LogP contribution in [0.15, 0.2) is 66.3 Å². The van der Waals surface area contributed by atoms with Crippen LogP contribution in [-0.2, 0) is 16.6 Å². The van der Waals surface area contributed by atoms with Crippen molar-refractivity contribution in [2.24, 2.45) is 0 Å². The minimum Gasteiger partial charge on any atom is -0.348 e. The van der Waals surface area contributed by atoms with Gasteiger partial charge in [-0.1, -0.05) is 29.5 Å². The van der Waals surface area contributed by atoms with Crippen molar-refractivity contribution in [1.82, 2.24) is 20.5 Å². The maximum absolute atomic E-state index is 12.6. The molecule has 2 aromatic heterocycles. The maximum atomic E-state index is 12.6. The molecular formula is C24H22N6O4S2. The van der Waals surface area contributed by atoms with Crippen LogP contribution in [0.4, 0.5) is 10.8 Å². The summed E-state index contributed by atoms with van der Waals surface area (Å²) in [7, 11) is -3.39. The zero-order chi connectivity index (χ0) is 25.7. The number of pyridine rings is 1. The molecule has 10 nitrogen and oxygen atoms in total. The molecule has 184 valence electrons. The SMILES string of the molecule is Cc1ccc(C(=O)Nc2nncs2)cc1-c1ccc(C(=O)NCc2cccc(NS(C)(=O)=O)c2)cn1. The average molecular weight is 523 g/mol. The van der Waals surface area contributed by atoms with Gasteiger partial charge in [0.1, 0.15) is 5.51 Å². The summed E-state index contributed by atoms with van der Waals surface area (Å²) in [5.74, 6) is -0.628. The van der Waals surface area contributed by atoms with E-state index in [1.807, 2.05) is 13.0 Å². The molecule has 0 fully saturated rings. The Kier molecular flexibility index (Phi) is 7.36. The Morgan fingerprint density at radius 2 is 1.81 bits per heavy atom. The average Bonchev–Trinajstić information content (AvgIpc) is 3.35. The van der Waals surface area contributed by atoms with Crippen LogP contribution in [0.2, 0.25) is 0 Å². The zero-order valence-electron chi connectivity index (χ0n) is 19.3. The lowest BCUT2D eigenvalue weighted by atomic mass is 10.0. The predicted octanol–water partition coefficient (Wildman–Crippen LogP) is 3.46. The van der Waals surface area contributed by atoms with Crippen LogP contribution in [0.1, 0.15) is 31.8 Å². The second-order valence-electron chi connectivity index (χ2n) is 7.92. The van der Waals surface area contributed by atoms with E-state index < -0.39 is 10.0 Å². The van der Waals surface area contributed by atoms with Gasteiger partial charge in [0.05, 0.1) is 17.5 Å². The molecule has 2 heterocycles. The minimum absolute atomic E-state index is 0.213. The molecule has 3 N–H and O–H groups in total. The molecule has 0 aliphatic heterocycles. The monoisotopic (exact) mass is 522 g/mol. The van der Waals surface area contributed by atoms with Crippen molar-refractivity contribution in [1.29, 1.82) is 0 Å². The van der Waals surface area contributed by atoms with E-state index in [4.69, 9.17) is 0 Å². The topological polar surface area (TPSA) is 143 Å². The van der Waals surface area contributed by atoms with E-state index in [1.165, 1.54) is 23.0 Å². The molecule has 0 saturated heterocycles. The van der Waals surface area contributed by atoms with Crippen LogP contribution < -0.4 is 15.4 Å². The zero-order valence-corrected chi connectivity index (χ0v) is 21.0. The number of amides is 2. The summed E-state index contributed by atoms with van der Waals surface area (Å²) in [6.45, 7) is 2.13. The number of benzene rings is 2. The van der Waals surface area contributed by atoms with Crippen molar-refractivity contribution < 1.29 is 18.0 Å². The van der Waals surface area contributed by atoms with E-state index in [9.17, 15) is 18.0 Å². The molecule has 36 heavy (non-hydrogen) atoms. The molecule has 0 aliphatic carbocycles. The first-order valence-corrected chi connectivity index (χ1v) is 13.4. The molecule has 0 aliphatic rings. The lowest BCUT2D eigenvalue weighted by Crippen LogP contribution is -2.23. The lowest BCUT2D eigenvalue weighted by Gasteiger charge is -2.10. The van der Waals surface area contributed by atoms with Gasteiger partial charge < -0.3 is 5.32 Å². The fraction of sp³-hybridized carbons (Fsp3) is 0.125. The number of nitrogens with zero attached hydrogens (tertiary/aromatic N) is 3. The summed E-state index contributed by atoms with van der Waals surface area (Å²) in [6.07, 6.45) is 2.55. The predicted molar refractivity (Wildman–Crippen MR) is 138 cm³/mol. The quantitative estimate of drug-likeness (QED) is 0.322. The van der Waals surface area contributed by atoms with Crippen LogP contribution in [0.3, 0.4) is 0 Å². The van der Waals surface area contributed by atoms with Gasteiger partial charge in [-0.25, -0.2) is 8.42 Å². The van der Waals surface area contributed by atoms with Gasteiger partial charge in [-0.05, 0) is 54.4 Å². The molecule has 0 radical (unpaired) electrons. The maximum Gasteiger partial charge on any atom is 0.257 e. The molecule has 0 spiro atoms. The molecule has 12 heteroatoms. The Balaban J connectivity index is 1.43. The van der Waals surface area contributed by atoms with Gasteiger partial charge in [-0.15, -0.1) is 10.2 Å². The fourth-order valence-corrected chi connectivity index (χ4v) is 4.36. The van der Waals surface area contributed by atoms with Crippen LogP contribution in [0.5, 0.6) is 0 Å². The molecular weight excluding hydrogens is 500 g/mol. The van der Waals surface area contributed by atoms with Gasteiger partial charge in [0.25, 0.3) is 11.8 Å². The lowest BCUT2D eigenvalue weighted by molar-refractivity contribution is 0.0949. The molecule has 2 amide bonds. The highest BCUT2D eigenvalue weighted by molar-refractivity contribution is 7.92. The summed E-state index contributed by atoms with van der Waals surface area (Å²) in [6, 6.07) is 15.4. The molecule has 0 atom stereocenters. The van der Waals surface area contributed by atoms with Crippen molar-refractivity contribution in [3.8, 4) is 11.3 Å². The Hall–Kier alpha value is -4.16. The largest absolute Gasteiger partial charge is 0.348 e. The van der Waals surface area contributed by atoms with E-state index >= 15 is 0 Å². The van der Waals surface area contributed by atoms with Crippen molar-refractivity contribution in [3.63, 3.8) is 0 Å². The van der Waals surface area contributed by atoms with E-state index in [0.29, 0.717) is 27.6 Å². The van der Waals surface area contributed by atoms with Crippen molar-refractivity contribution in [2.45, 2.75) is 13.5 Å². The van der Waals surface area contributed by atoms with Crippen molar-refractivity contribution in [3.05, 3.63) is 88.6 Å². The van der Waals surface area contributed by atoms with Gasteiger partial charge in [-0.2, -0.15) is 0 Å². The molecule has 0 bridgehead atoms. The van der Waals surface area contributed by atoms with E-state index in [0.717, 1.165) is 22.9 Å².